The Labute approximate surface area is 141 Å². The van der Waals surface area contributed by atoms with Gasteiger partial charge in [-0.15, -0.1) is 0 Å². The van der Waals surface area contributed by atoms with Gasteiger partial charge in [0.05, 0.1) is 5.02 Å². The summed E-state index contributed by atoms with van der Waals surface area (Å²) in [5.74, 6) is 0.336. The van der Waals surface area contributed by atoms with Crippen molar-refractivity contribution in [3.63, 3.8) is 0 Å². The van der Waals surface area contributed by atoms with Crippen LogP contribution in [0.2, 0.25) is 10.0 Å². The summed E-state index contributed by atoms with van der Waals surface area (Å²) in [4.78, 5) is 14.2. The van der Waals surface area contributed by atoms with Crippen molar-refractivity contribution < 1.29 is 9.53 Å². The monoisotopic (exact) mass is 344 g/mol. The van der Waals surface area contributed by atoms with Gasteiger partial charge in [-0.3, -0.25) is 4.79 Å². The third-order valence-corrected chi connectivity index (χ3v) is 4.21. The standard InChI is InChI=1S/C16H22Cl2N2O2/c17-13-5-6-15(14(18)11-13)22-12-16(21)19-7-1-2-8-20-9-3-4-10-20/h5-6,11H,1-4,7-10,12H2,(H,19,21). The Morgan fingerprint density at radius 1 is 1.23 bits per heavy atom. The molecule has 122 valence electrons. The zero-order valence-corrected chi connectivity index (χ0v) is 14.1. The number of likely N-dealkylation sites (tertiary alicyclic amines) is 1. The van der Waals surface area contributed by atoms with Crippen molar-refractivity contribution in [1.82, 2.24) is 10.2 Å². The molecule has 1 heterocycles. The third-order valence-electron chi connectivity index (χ3n) is 3.67. The molecule has 1 aromatic rings. The quantitative estimate of drug-likeness (QED) is 0.735. The fourth-order valence-corrected chi connectivity index (χ4v) is 2.94. The Hall–Kier alpha value is -0.970. The van der Waals surface area contributed by atoms with Gasteiger partial charge in [-0.1, -0.05) is 23.2 Å². The van der Waals surface area contributed by atoms with Crippen LogP contribution in [0, 0.1) is 0 Å². The first kappa shape index (κ1) is 17.4. The Kier molecular flexibility index (Phi) is 7.30. The smallest absolute Gasteiger partial charge is 0.257 e. The van der Waals surface area contributed by atoms with Crippen LogP contribution in [0.15, 0.2) is 18.2 Å². The van der Waals surface area contributed by atoms with E-state index in [4.69, 9.17) is 27.9 Å². The maximum atomic E-state index is 11.7. The van der Waals surface area contributed by atoms with Gasteiger partial charge in [0.2, 0.25) is 0 Å². The number of benzene rings is 1. The molecule has 0 aliphatic carbocycles. The first-order valence-corrected chi connectivity index (χ1v) is 8.47. The number of rotatable bonds is 8. The third kappa shape index (κ3) is 6.03. The molecule has 0 aromatic heterocycles. The maximum absolute atomic E-state index is 11.7. The molecule has 0 saturated carbocycles. The fraction of sp³-hybridized carbons (Fsp3) is 0.562. The minimum Gasteiger partial charge on any atom is -0.482 e. The van der Waals surface area contributed by atoms with Crippen molar-refractivity contribution in [3.8, 4) is 5.75 Å². The zero-order valence-electron chi connectivity index (χ0n) is 12.6. The molecule has 6 heteroatoms. The number of nitrogens with zero attached hydrogens (tertiary/aromatic N) is 1. The highest BCUT2D eigenvalue weighted by Crippen LogP contribution is 2.27. The molecule has 1 aliphatic heterocycles. The molecule has 4 nitrogen and oxygen atoms in total. The number of nitrogens with one attached hydrogen (secondary N) is 1. The number of carbonyl (C=O) groups is 1. The summed E-state index contributed by atoms with van der Waals surface area (Å²) in [5, 5.41) is 3.81. The van der Waals surface area contributed by atoms with Gasteiger partial charge in [-0.25, -0.2) is 0 Å². The summed E-state index contributed by atoms with van der Waals surface area (Å²) in [6.45, 7) is 4.23. The molecule has 0 unspecified atom stereocenters. The van der Waals surface area contributed by atoms with Crippen molar-refractivity contribution in [2.24, 2.45) is 0 Å². The van der Waals surface area contributed by atoms with Gasteiger partial charge in [-0.2, -0.15) is 0 Å². The van der Waals surface area contributed by atoms with Gasteiger partial charge in [0.15, 0.2) is 6.61 Å². The van der Waals surface area contributed by atoms with E-state index in [-0.39, 0.29) is 12.5 Å². The Morgan fingerprint density at radius 2 is 2.00 bits per heavy atom. The topological polar surface area (TPSA) is 41.6 Å². The summed E-state index contributed by atoms with van der Waals surface area (Å²) < 4.78 is 5.38. The van der Waals surface area contributed by atoms with Crippen LogP contribution >= 0.6 is 23.2 Å². The van der Waals surface area contributed by atoms with E-state index in [1.807, 2.05) is 0 Å². The lowest BCUT2D eigenvalue weighted by Crippen LogP contribution is -2.30. The number of carbonyl (C=O) groups excluding carboxylic acids is 1. The Morgan fingerprint density at radius 3 is 2.73 bits per heavy atom. The van der Waals surface area contributed by atoms with Crippen LogP contribution in [-0.4, -0.2) is 43.6 Å². The van der Waals surface area contributed by atoms with E-state index < -0.39 is 0 Å². The summed E-state index contributed by atoms with van der Waals surface area (Å²) in [5.41, 5.74) is 0. The average molecular weight is 345 g/mol. The number of ether oxygens (including phenoxy) is 1. The SMILES string of the molecule is O=C(COc1ccc(Cl)cc1Cl)NCCCCN1CCCC1. The van der Waals surface area contributed by atoms with Crippen LogP contribution in [0.5, 0.6) is 5.75 Å². The van der Waals surface area contributed by atoms with Gasteiger partial charge in [0.25, 0.3) is 5.91 Å². The molecule has 1 fully saturated rings. The van der Waals surface area contributed by atoms with Crippen molar-refractivity contribution in [2.75, 3.05) is 32.8 Å². The highest BCUT2D eigenvalue weighted by atomic mass is 35.5. The fourth-order valence-electron chi connectivity index (χ4n) is 2.48. The Balaban J connectivity index is 1.55. The minimum absolute atomic E-state index is 0.0342. The highest BCUT2D eigenvalue weighted by Gasteiger charge is 2.10. The van der Waals surface area contributed by atoms with Crippen molar-refractivity contribution >= 4 is 29.1 Å². The lowest BCUT2D eigenvalue weighted by Gasteiger charge is -2.14. The lowest BCUT2D eigenvalue weighted by molar-refractivity contribution is -0.123. The first-order valence-electron chi connectivity index (χ1n) is 7.72. The van der Waals surface area contributed by atoms with E-state index in [9.17, 15) is 4.79 Å². The van der Waals surface area contributed by atoms with Crippen LogP contribution in [-0.2, 0) is 4.79 Å². The van der Waals surface area contributed by atoms with Gasteiger partial charge < -0.3 is 15.0 Å². The molecule has 1 amide bonds. The predicted molar refractivity (Wildman–Crippen MR) is 89.9 cm³/mol. The maximum Gasteiger partial charge on any atom is 0.257 e. The van der Waals surface area contributed by atoms with Crippen LogP contribution in [0.4, 0.5) is 0 Å². The number of hydrogen-bond donors (Lipinski definition) is 1. The molecule has 1 N–H and O–H groups in total. The van der Waals surface area contributed by atoms with Gasteiger partial charge in [0.1, 0.15) is 5.75 Å². The molecule has 0 spiro atoms. The van der Waals surface area contributed by atoms with Crippen LogP contribution in [0.3, 0.4) is 0 Å². The highest BCUT2D eigenvalue weighted by molar-refractivity contribution is 6.35. The largest absolute Gasteiger partial charge is 0.482 e. The summed E-state index contributed by atoms with van der Waals surface area (Å²) in [7, 11) is 0. The molecule has 0 bridgehead atoms. The van der Waals surface area contributed by atoms with Crippen LogP contribution in [0.25, 0.3) is 0 Å². The van der Waals surface area contributed by atoms with Gasteiger partial charge in [0, 0.05) is 11.6 Å². The van der Waals surface area contributed by atoms with E-state index in [0.29, 0.717) is 22.3 Å². The van der Waals surface area contributed by atoms with Gasteiger partial charge in [-0.05, 0) is 63.5 Å². The summed E-state index contributed by atoms with van der Waals surface area (Å²) in [6.07, 6.45) is 4.75. The second kappa shape index (κ2) is 9.23. The van der Waals surface area contributed by atoms with E-state index >= 15 is 0 Å². The molecule has 0 atom stereocenters. The number of amides is 1. The second-order valence-corrected chi connectivity index (χ2v) is 6.31. The van der Waals surface area contributed by atoms with Crippen LogP contribution in [0.1, 0.15) is 25.7 Å². The second-order valence-electron chi connectivity index (χ2n) is 5.47. The number of unbranched alkanes of at least 4 members (excludes halogenated alkanes) is 1. The molecule has 0 radical (unpaired) electrons. The zero-order chi connectivity index (χ0) is 15.8. The van der Waals surface area contributed by atoms with E-state index in [2.05, 4.69) is 10.2 Å². The molecular weight excluding hydrogens is 323 g/mol. The molecule has 1 aliphatic rings. The number of halogens is 2. The normalized spacial score (nSPS) is 15.0. The Bertz CT molecular complexity index is 491. The molecule has 1 saturated heterocycles. The predicted octanol–water partition coefficient (Wildman–Crippen LogP) is 3.36. The van der Waals surface area contributed by atoms with E-state index in [1.54, 1.807) is 18.2 Å². The molecule has 1 aromatic carbocycles. The lowest BCUT2D eigenvalue weighted by atomic mass is 10.3. The minimum atomic E-state index is -0.132. The first-order chi connectivity index (χ1) is 10.6. The molecular formula is C16H22Cl2N2O2. The summed E-state index contributed by atoms with van der Waals surface area (Å²) >= 11 is 11.8. The molecule has 22 heavy (non-hydrogen) atoms. The number of hydrogen-bond acceptors (Lipinski definition) is 3. The van der Waals surface area contributed by atoms with Crippen molar-refractivity contribution in [2.45, 2.75) is 25.7 Å². The average Bonchev–Trinajstić information content (AvgIpc) is 2.99. The summed E-state index contributed by atoms with van der Waals surface area (Å²) in [6, 6.07) is 4.93. The van der Waals surface area contributed by atoms with Crippen LogP contribution < -0.4 is 10.1 Å². The van der Waals surface area contributed by atoms with E-state index in [1.165, 1.54) is 25.9 Å². The van der Waals surface area contributed by atoms with Crippen molar-refractivity contribution in [3.05, 3.63) is 28.2 Å². The molecule has 2 rings (SSSR count). The van der Waals surface area contributed by atoms with E-state index in [0.717, 1.165) is 19.4 Å². The van der Waals surface area contributed by atoms with Gasteiger partial charge >= 0.3 is 0 Å². The van der Waals surface area contributed by atoms with Crippen molar-refractivity contribution in [1.29, 1.82) is 0 Å².